The molecule has 1 N–H and O–H groups in total. The second kappa shape index (κ2) is 6.68. The van der Waals surface area contributed by atoms with E-state index in [4.69, 9.17) is 0 Å². The Bertz CT molecular complexity index is 410. The molecule has 1 atom stereocenters. The number of hydrogen-bond donors (Lipinski definition) is 1. The summed E-state index contributed by atoms with van der Waals surface area (Å²) in [4.78, 5) is 10.3. The van der Waals surface area contributed by atoms with Gasteiger partial charge in [-0.15, -0.1) is 0 Å². The van der Waals surface area contributed by atoms with Crippen LogP contribution < -0.4 is 10.2 Å². The summed E-state index contributed by atoms with van der Waals surface area (Å²) in [6.07, 6.45) is 5.80. The Morgan fingerprint density at radius 1 is 1.42 bits per heavy atom. The highest BCUT2D eigenvalue weighted by Crippen LogP contribution is 2.27. The van der Waals surface area contributed by atoms with Crippen molar-refractivity contribution < 1.29 is 4.39 Å². The van der Waals surface area contributed by atoms with Gasteiger partial charge >= 0.3 is 0 Å². The lowest BCUT2D eigenvalue weighted by Gasteiger charge is -2.18. The summed E-state index contributed by atoms with van der Waals surface area (Å²) in [5.41, 5.74) is 0. The van der Waals surface area contributed by atoms with Crippen LogP contribution in [-0.4, -0.2) is 29.6 Å². The monoisotopic (exact) mass is 266 g/mol. The molecule has 5 heteroatoms. The highest BCUT2D eigenvalue weighted by Gasteiger charge is 2.25. The minimum absolute atomic E-state index is 0.320. The molecule has 0 radical (unpaired) electrons. The molecule has 1 aromatic heterocycles. The average molecular weight is 266 g/mol. The molecule has 1 aromatic rings. The van der Waals surface area contributed by atoms with E-state index in [2.05, 4.69) is 34.0 Å². The Morgan fingerprint density at radius 3 is 3.00 bits per heavy atom. The van der Waals surface area contributed by atoms with Crippen molar-refractivity contribution >= 4 is 11.8 Å². The lowest BCUT2D eigenvalue weighted by Crippen LogP contribution is -2.23. The van der Waals surface area contributed by atoms with E-state index >= 15 is 0 Å². The molecule has 1 saturated heterocycles. The molecule has 0 aliphatic carbocycles. The van der Waals surface area contributed by atoms with E-state index in [9.17, 15) is 4.39 Å². The van der Waals surface area contributed by atoms with Gasteiger partial charge in [0.05, 0.1) is 6.20 Å². The lowest BCUT2D eigenvalue weighted by molar-refractivity contribution is 0.528. The first kappa shape index (κ1) is 14.0. The number of anilines is 2. The smallest absolute Gasteiger partial charge is 0.224 e. The Hall–Kier alpha value is -1.39. The SMILES string of the molecule is CCCNc1ncc(F)c(N2CCC(CCC)C2)n1. The van der Waals surface area contributed by atoms with Gasteiger partial charge in [0.25, 0.3) is 0 Å². The molecule has 19 heavy (non-hydrogen) atoms. The van der Waals surface area contributed by atoms with E-state index in [1.54, 1.807) is 0 Å². The molecule has 1 aliphatic rings. The summed E-state index contributed by atoms with van der Waals surface area (Å²) in [7, 11) is 0. The Morgan fingerprint density at radius 2 is 2.26 bits per heavy atom. The molecule has 4 nitrogen and oxygen atoms in total. The third-order valence-corrected chi connectivity index (χ3v) is 3.54. The van der Waals surface area contributed by atoms with Crippen molar-refractivity contribution in [2.45, 2.75) is 39.5 Å². The highest BCUT2D eigenvalue weighted by atomic mass is 19.1. The summed E-state index contributed by atoms with van der Waals surface area (Å²) in [6, 6.07) is 0. The molecule has 1 aliphatic heterocycles. The number of nitrogens with zero attached hydrogens (tertiary/aromatic N) is 3. The maximum atomic E-state index is 13.9. The van der Waals surface area contributed by atoms with Gasteiger partial charge in [0.1, 0.15) is 0 Å². The zero-order valence-electron chi connectivity index (χ0n) is 11.8. The first-order valence-corrected chi connectivity index (χ1v) is 7.26. The molecular weight excluding hydrogens is 243 g/mol. The molecule has 0 aromatic carbocycles. The van der Waals surface area contributed by atoms with Crippen LogP contribution in [-0.2, 0) is 0 Å². The molecule has 2 rings (SSSR count). The molecule has 1 unspecified atom stereocenters. The van der Waals surface area contributed by atoms with E-state index in [0.717, 1.165) is 32.5 Å². The normalized spacial score (nSPS) is 18.9. The summed E-state index contributed by atoms with van der Waals surface area (Å²) in [5.74, 6) is 1.33. The van der Waals surface area contributed by atoms with Gasteiger partial charge in [0.15, 0.2) is 11.6 Å². The molecule has 0 amide bonds. The lowest BCUT2D eigenvalue weighted by atomic mass is 10.0. The van der Waals surface area contributed by atoms with Crippen LogP contribution in [0.4, 0.5) is 16.2 Å². The quantitative estimate of drug-likeness (QED) is 0.859. The van der Waals surface area contributed by atoms with Crippen molar-refractivity contribution in [2.75, 3.05) is 29.9 Å². The number of hydrogen-bond acceptors (Lipinski definition) is 4. The van der Waals surface area contributed by atoms with Crippen molar-refractivity contribution in [2.24, 2.45) is 5.92 Å². The minimum atomic E-state index is -0.320. The number of aromatic nitrogens is 2. The van der Waals surface area contributed by atoms with Crippen LogP contribution in [0.3, 0.4) is 0 Å². The fourth-order valence-electron chi connectivity index (χ4n) is 2.57. The zero-order valence-corrected chi connectivity index (χ0v) is 11.8. The van der Waals surface area contributed by atoms with E-state index in [0.29, 0.717) is 17.7 Å². The molecular formula is C14H23FN4. The van der Waals surface area contributed by atoms with Crippen molar-refractivity contribution in [3.63, 3.8) is 0 Å². The number of nitrogens with one attached hydrogen (secondary N) is 1. The molecule has 0 spiro atoms. The third-order valence-electron chi connectivity index (χ3n) is 3.54. The Labute approximate surface area is 114 Å². The highest BCUT2D eigenvalue weighted by molar-refractivity contribution is 5.44. The fraction of sp³-hybridized carbons (Fsp3) is 0.714. The average Bonchev–Trinajstić information content (AvgIpc) is 2.87. The molecule has 1 fully saturated rings. The summed E-state index contributed by atoms with van der Waals surface area (Å²) in [5, 5.41) is 3.11. The van der Waals surface area contributed by atoms with E-state index in [1.807, 2.05) is 0 Å². The van der Waals surface area contributed by atoms with Gasteiger partial charge in [-0.1, -0.05) is 20.3 Å². The van der Waals surface area contributed by atoms with Crippen LogP contribution in [0.15, 0.2) is 6.20 Å². The summed E-state index contributed by atoms with van der Waals surface area (Å²) < 4.78 is 13.9. The first-order chi connectivity index (χ1) is 9.24. The van der Waals surface area contributed by atoms with E-state index in [1.165, 1.54) is 19.0 Å². The van der Waals surface area contributed by atoms with Gasteiger partial charge in [0, 0.05) is 19.6 Å². The molecule has 0 bridgehead atoms. The number of rotatable bonds is 6. The molecule has 0 saturated carbocycles. The van der Waals surface area contributed by atoms with Crippen LogP contribution >= 0.6 is 0 Å². The minimum Gasteiger partial charge on any atom is -0.354 e. The van der Waals surface area contributed by atoms with Crippen molar-refractivity contribution in [1.29, 1.82) is 0 Å². The van der Waals surface area contributed by atoms with E-state index < -0.39 is 0 Å². The summed E-state index contributed by atoms with van der Waals surface area (Å²) in [6.45, 7) is 6.89. The van der Waals surface area contributed by atoms with Crippen LogP contribution in [0.5, 0.6) is 0 Å². The van der Waals surface area contributed by atoms with Crippen LogP contribution in [0.25, 0.3) is 0 Å². The Balaban J connectivity index is 2.06. The molecule has 2 heterocycles. The van der Waals surface area contributed by atoms with Crippen LogP contribution in [0.1, 0.15) is 39.5 Å². The zero-order chi connectivity index (χ0) is 13.7. The Kier molecular flexibility index (Phi) is 4.93. The van der Waals surface area contributed by atoms with Gasteiger partial charge < -0.3 is 10.2 Å². The van der Waals surface area contributed by atoms with Crippen LogP contribution in [0.2, 0.25) is 0 Å². The second-order valence-electron chi connectivity index (χ2n) is 5.18. The molecule has 106 valence electrons. The van der Waals surface area contributed by atoms with Crippen molar-refractivity contribution in [1.82, 2.24) is 9.97 Å². The van der Waals surface area contributed by atoms with Crippen LogP contribution in [0, 0.1) is 11.7 Å². The predicted molar refractivity (Wildman–Crippen MR) is 76.0 cm³/mol. The standard InChI is InChI=1S/C14H23FN4/c1-3-5-11-6-8-19(10-11)13-12(15)9-17-14(18-13)16-7-4-2/h9,11H,3-8,10H2,1-2H3,(H,16,17,18). The first-order valence-electron chi connectivity index (χ1n) is 7.26. The predicted octanol–water partition coefficient (Wildman–Crippen LogP) is 3.06. The van der Waals surface area contributed by atoms with Gasteiger partial charge in [-0.2, -0.15) is 4.98 Å². The second-order valence-corrected chi connectivity index (χ2v) is 5.18. The maximum Gasteiger partial charge on any atom is 0.224 e. The summed E-state index contributed by atoms with van der Waals surface area (Å²) >= 11 is 0. The van der Waals surface area contributed by atoms with Gasteiger partial charge in [-0.3, -0.25) is 0 Å². The third kappa shape index (κ3) is 3.55. The maximum absolute atomic E-state index is 13.9. The van der Waals surface area contributed by atoms with E-state index in [-0.39, 0.29) is 5.82 Å². The fourth-order valence-corrected chi connectivity index (χ4v) is 2.57. The van der Waals surface area contributed by atoms with Gasteiger partial charge in [-0.25, -0.2) is 9.37 Å². The van der Waals surface area contributed by atoms with Gasteiger partial charge in [-0.05, 0) is 25.2 Å². The largest absolute Gasteiger partial charge is 0.354 e. The topological polar surface area (TPSA) is 41.1 Å². The van der Waals surface area contributed by atoms with Crippen molar-refractivity contribution in [3.8, 4) is 0 Å². The van der Waals surface area contributed by atoms with Gasteiger partial charge in [0.2, 0.25) is 5.95 Å². The number of halogens is 1. The van der Waals surface area contributed by atoms with Crippen molar-refractivity contribution in [3.05, 3.63) is 12.0 Å².